The SMILES string of the molecule is CC(C)(C)C1=CN(c2cc(C(C)(C)C)cc(C(C)(C)C)c2)[CH-]N1c1[c-]c(Oc2[c-]c3c(c(C(C)(C)c4ccccc4)c2)c2ccccc2n3-c2cc(C(C)(C)c3ccccc3)ccn2)cc(C(C)(C)C)c1.[Pt]. The Hall–Kier alpha value is -5.90. The molecule has 72 heavy (non-hydrogen) atoms. The minimum Gasteiger partial charge on any atom is -0.509 e. The molecule has 0 bridgehead atoms. The van der Waals surface area contributed by atoms with Crippen LogP contribution in [0.4, 0.5) is 11.4 Å². The Balaban J connectivity index is 0.00000693. The molecule has 6 heteroatoms. The van der Waals surface area contributed by atoms with Gasteiger partial charge in [-0.2, -0.15) is 0 Å². The van der Waals surface area contributed by atoms with E-state index in [0.717, 1.165) is 50.1 Å². The first-order valence-electron chi connectivity index (χ1n) is 25.4. The number of rotatable bonds is 9. The van der Waals surface area contributed by atoms with Crippen molar-refractivity contribution in [1.82, 2.24) is 9.55 Å². The number of aromatic nitrogens is 2. The van der Waals surface area contributed by atoms with Crippen molar-refractivity contribution in [2.24, 2.45) is 5.41 Å². The molecule has 0 fully saturated rings. The van der Waals surface area contributed by atoms with Crippen molar-refractivity contribution in [3.63, 3.8) is 0 Å². The molecular weight excluding hydrogens is 1060 g/mol. The predicted molar refractivity (Wildman–Crippen MR) is 299 cm³/mol. The summed E-state index contributed by atoms with van der Waals surface area (Å²) >= 11 is 0. The first-order chi connectivity index (χ1) is 33.2. The number of nitrogens with zero attached hydrogens (tertiary/aromatic N) is 4. The monoisotopic (exact) mass is 1130 g/mol. The second-order valence-electron chi connectivity index (χ2n) is 24.9. The van der Waals surface area contributed by atoms with Crippen molar-refractivity contribution in [2.75, 3.05) is 9.80 Å². The van der Waals surface area contributed by atoms with Crippen molar-refractivity contribution in [3.05, 3.63) is 209 Å². The number of hydrogen-bond acceptors (Lipinski definition) is 4. The van der Waals surface area contributed by atoms with E-state index < -0.39 is 5.41 Å². The Morgan fingerprint density at radius 2 is 1.04 bits per heavy atom. The first kappa shape index (κ1) is 52.4. The zero-order chi connectivity index (χ0) is 51.1. The molecule has 9 rings (SSSR count). The van der Waals surface area contributed by atoms with Crippen molar-refractivity contribution in [2.45, 2.75) is 138 Å². The number of anilines is 2. The summed E-state index contributed by atoms with van der Waals surface area (Å²) in [6.07, 6.45) is 4.25. The molecule has 1 aliphatic rings. The van der Waals surface area contributed by atoms with Gasteiger partial charge in [0.05, 0.1) is 0 Å². The summed E-state index contributed by atoms with van der Waals surface area (Å²) in [6, 6.07) is 56.0. The maximum Gasteiger partial charge on any atom is 0.135 e. The molecule has 2 aromatic heterocycles. The Kier molecular flexibility index (Phi) is 13.7. The summed E-state index contributed by atoms with van der Waals surface area (Å²) in [5.74, 6) is 2.07. The Labute approximate surface area is 445 Å². The number of allylic oxidation sites excluding steroid dienone is 1. The van der Waals surface area contributed by atoms with Gasteiger partial charge >= 0.3 is 0 Å². The third-order valence-electron chi connectivity index (χ3n) is 14.7. The van der Waals surface area contributed by atoms with Crippen molar-refractivity contribution < 1.29 is 25.8 Å². The molecule has 0 saturated heterocycles. The topological polar surface area (TPSA) is 33.5 Å². The molecule has 0 atom stereocenters. The van der Waals surface area contributed by atoms with Gasteiger partial charge in [-0.3, -0.25) is 0 Å². The molecule has 3 heterocycles. The summed E-state index contributed by atoms with van der Waals surface area (Å²) < 4.78 is 9.52. The number of ether oxygens (including phenoxy) is 1. The Morgan fingerprint density at radius 1 is 0.500 bits per heavy atom. The van der Waals surface area contributed by atoms with Crippen molar-refractivity contribution >= 4 is 33.2 Å². The van der Waals surface area contributed by atoms with Crippen LogP contribution in [0, 0.1) is 24.2 Å². The van der Waals surface area contributed by atoms with Crippen molar-refractivity contribution in [3.8, 4) is 17.3 Å². The fourth-order valence-corrected chi connectivity index (χ4v) is 9.93. The van der Waals surface area contributed by atoms with Crippen LogP contribution >= 0.6 is 0 Å². The van der Waals surface area contributed by atoms with Crippen LogP contribution in [-0.2, 0) is 48.1 Å². The number of fused-ring (bicyclic) bond motifs is 3. The fourth-order valence-electron chi connectivity index (χ4n) is 9.93. The largest absolute Gasteiger partial charge is 0.509 e. The molecule has 0 amide bonds. The summed E-state index contributed by atoms with van der Waals surface area (Å²) in [7, 11) is 0. The number of para-hydroxylation sites is 1. The molecule has 6 aromatic carbocycles. The van der Waals surface area contributed by atoms with Gasteiger partial charge in [-0.15, -0.1) is 53.8 Å². The molecule has 0 unspecified atom stereocenters. The van der Waals surface area contributed by atoms with Gasteiger partial charge in [-0.1, -0.05) is 207 Å². The van der Waals surface area contributed by atoms with Crippen LogP contribution in [0.15, 0.2) is 152 Å². The van der Waals surface area contributed by atoms with Crippen LogP contribution in [0.2, 0.25) is 0 Å². The van der Waals surface area contributed by atoms with Crippen LogP contribution in [0.3, 0.4) is 0 Å². The quantitative estimate of drug-likeness (QED) is 0.135. The van der Waals surface area contributed by atoms with E-state index in [1.54, 1.807) is 0 Å². The van der Waals surface area contributed by atoms with Crippen LogP contribution in [0.1, 0.15) is 150 Å². The molecule has 0 saturated carbocycles. The van der Waals surface area contributed by atoms with Crippen LogP contribution in [0.5, 0.6) is 11.5 Å². The molecular formula is C66H73N4OPt-3. The molecule has 0 spiro atoms. The number of pyridine rings is 1. The zero-order valence-electron chi connectivity index (χ0n) is 45.4. The van der Waals surface area contributed by atoms with E-state index in [0.29, 0.717) is 11.5 Å². The first-order valence-corrected chi connectivity index (χ1v) is 25.4. The normalized spacial score (nSPS) is 14.0. The molecule has 0 N–H and O–H groups in total. The molecule has 0 radical (unpaired) electrons. The second kappa shape index (κ2) is 18.9. The third kappa shape index (κ3) is 10.1. The predicted octanol–water partition coefficient (Wildman–Crippen LogP) is 17.4. The van der Waals surface area contributed by atoms with E-state index >= 15 is 0 Å². The smallest absolute Gasteiger partial charge is 0.135 e. The van der Waals surface area contributed by atoms with Gasteiger partial charge < -0.3 is 19.1 Å². The Bertz CT molecular complexity index is 3260. The van der Waals surface area contributed by atoms with Crippen LogP contribution < -0.4 is 14.5 Å². The van der Waals surface area contributed by atoms with Gasteiger partial charge in [0.25, 0.3) is 0 Å². The maximum absolute atomic E-state index is 7.24. The fraction of sp³-hybridized carbons (Fsp3) is 0.333. The Morgan fingerprint density at radius 3 is 1.62 bits per heavy atom. The summed E-state index contributed by atoms with van der Waals surface area (Å²) in [4.78, 5) is 9.72. The summed E-state index contributed by atoms with van der Waals surface area (Å²) in [5, 5.41) is 2.27. The van der Waals surface area contributed by atoms with E-state index in [9.17, 15) is 0 Å². The van der Waals surface area contributed by atoms with E-state index in [1.165, 1.54) is 33.5 Å². The average Bonchev–Trinajstić information content (AvgIpc) is 3.92. The van der Waals surface area contributed by atoms with Crippen LogP contribution in [0.25, 0.3) is 27.6 Å². The maximum atomic E-state index is 7.24. The zero-order valence-corrected chi connectivity index (χ0v) is 47.7. The molecule has 8 aromatic rings. The molecule has 0 aliphatic carbocycles. The standard InChI is InChI=1S/C66H73N4O.Pt/c1-61(2,3)47-33-48(62(4,5)6)35-50(34-47)68-42-58(64(10,11)12)69(43-68)51-36-49(63(7,8)9)37-52(39-51)71-53-40-55(66(15,16)45-27-21-18-22-28-45)60-54-29-23-24-30-56(54)70(57(60)41-53)59-38-46(31-32-67-59)65(13,14)44-25-19-17-20-26-44;/h17-38,40,42-43H,1-16H3;/q-3;. The van der Waals surface area contributed by atoms with E-state index in [1.807, 2.05) is 6.20 Å². The van der Waals surface area contributed by atoms with E-state index in [2.05, 4.69) is 284 Å². The van der Waals surface area contributed by atoms with Gasteiger partial charge in [-0.25, -0.2) is 4.98 Å². The van der Waals surface area contributed by atoms with Crippen molar-refractivity contribution in [1.29, 1.82) is 0 Å². The van der Waals surface area contributed by atoms with Gasteiger partial charge in [0.1, 0.15) is 5.82 Å². The average molecular weight is 1130 g/mol. The van der Waals surface area contributed by atoms with Crippen LogP contribution in [-0.4, -0.2) is 9.55 Å². The molecule has 5 nitrogen and oxygen atoms in total. The summed E-state index contributed by atoms with van der Waals surface area (Å²) in [6.45, 7) is 38.9. The van der Waals surface area contributed by atoms with Gasteiger partial charge in [0, 0.05) is 66.5 Å². The minimum atomic E-state index is -0.425. The second-order valence-corrected chi connectivity index (χ2v) is 24.9. The third-order valence-corrected chi connectivity index (χ3v) is 14.7. The number of benzene rings is 6. The van der Waals surface area contributed by atoms with Gasteiger partial charge in [-0.05, 0) is 91.4 Å². The molecule has 1 aliphatic heterocycles. The number of hydrogen-bond donors (Lipinski definition) is 0. The van der Waals surface area contributed by atoms with Gasteiger partial charge in [0.2, 0.25) is 0 Å². The van der Waals surface area contributed by atoms with Gasteiger partial charge in [0.15, 0.2) is 0 Å². The minimum absolute atomic E-state index is 0. The van der Waals surface area contributed by atoms with E-state index in [-0.39, 0.29) is 48.1 Å². The molecule has 376 valence electrons. The van der Waals surface area contributed by atoms with E-state index in [4.69, 9.17) is 9.72 Å². The summed E-state index contributed by atoms with van der Waals surface area (Å²) in [5.41, 5.74) is 12.6.